The summed E-state index contributed by atoms with van der Waals surface area (Å²) in [5, 5.41) is 1.53. The smallest absolute Gasteiger partial charge is 0.185 e. The summed E-state index contributed by atoms with van der Waals surface area (Å²) in [6, 6.07) is 0. The molecule has 0 bridgehead atoms. The molecule has 0 saturated carbocycles. The van der Waals surface area contributed by atoms with E-state index in [-0.39, 0.29) is 0 Å². The summed E-state index contributed by atoms with van der Waals surface area (Å²) in [5.41, 5.74) is 0. The van der Waals surface area contributed by atoms with Gasteiger partial charge in [-0.3, -0.25) is 0 Å². The highest BCUT2D eigenvalue weighted by molar-refractivity contribution is 7.77. The third-order valence-electron chi connectivity index (χ3n) is 3.71. The quantitative estimate of drug-likeness (QED) is 0.572. The van der Waals surface area contributed by atoms with Crippen LogP contribution in [-0.2, 0) is 14.0 Å². The molecule has 2 aliphatic rings. The molecule has 0 amide bonds. The fourth-order valence-corrected chi connectivity index (χ4v) is 5.86. The Morgan fingerprint density at radius 1 is 1.04 bits per heavy atom. The first-order chi connectivity index (χ1) is 11.0. The second-order valence-corrected chi connectivity index (χ2v) is 7.60. The van der Waals surface area contributed by atoms with Crippen molar-refractivity contribution >= 4 is 7.14 Å². The van der Waals surface area contributed by atoms with E-state index in [4.69, 9.17) is 9.47 Å². The minimum Gasteiger partial charge on any atom is -0.460 e. The van der Waals surface area contributed by atoms with Crippen molar-refractivity contribution in [2.75, 3.05) is 0 Å². The van der Waals surface area contributed by atoms with Gasteiger partial charge in [0, 0.05) is 6.42 Å². The summed E-state index contributed by atoms with van der Waals surface area (Å²) in [6.07, 6.45) is 8.86. The molecule has 1 atom stereocenters. The zero-order valence-electron chi connectivity index (χ0n) is 13.6. The molecule has 1 unspecified atom stereocenters. The fourth-order valence-electron chi connectivity index (χ4n) is 2.77. The lowest BCUT2D eigenvalue weighted by Gasteiger charge is -2.36. The molecule has 2 heterocycles. The topological polar surface area (TPSA) is 35.5 Å². The van der Waals surface area contributed by atoms with E-state index < -0.39 is 7.14 Å². The first-order valence-electron chi connectivity index (χ1n) is 7.37. The standard InChI is InChI=1S/C19H21O3P/c1-7-12-16-19-13(6)21-14(8-2)17(10-4)23(19,20)18(11-5)15(9-3)22-16/h7-8,10-12H,2,4-6,9H2,1,3H3/b12-7-. The van der Waals surface area contributed by atoms with E-state index in [0.717, 1.165) is 0 Å². The molecule has 0 fully saturated rings. The van der Waals surface area contributed by atoms with Crippen LogP contribution in [0.25, 0.3) is 0 Å². The Balaban J connectivity index is 2.97. The summed E-state index contributed by atoms with van der Waals surface area (Å²) in [7, 11) is -3.19. The lowest BCUT2D eigenvalue weighted by molar-refractivity contribution is 0.286. The van der Waals surface area contributed by atoms with Gasteiger partial charge in [0.2, 0.25) is 0 Å². The maximum Gasteiger partial charge on any atom is 0.185 e. The number of fused-ring (bicyclic) bond motifs is 1. The van der Waals surface area contributed by atoms with Gasteiger partial charge >= 0.3 is 0 Å². The molecule has 0 saturated heterocycles. The van der Waals surface area contributed by atoms with Crippen molar-refractivity contribution in [2.24, 2.45) is 0 Å². The average Bonchev–Trinajstić information content (AvgIpc) is 2.53. The first-order valence-corrected chi connectivity index (χ1v) is 9.08. The van der Waals surface area contributed by atoms with Crippen LogP contribution in [0.3, 0.4) is 0 Å². The van der Waals surface area contributed by atoms with Gasteiger partial charge in [-0.05, 0) is 19.1 Å². The fraction of sp³-hybridized carbons (Fsp3) is 0.158. The van der Waals surface area contributed by atoms with Crippen molar-refractivity contribution in [3.63, 3.8) is 0 Å². The van der Waals surface area contributed by atoms with Crippen molar-refractivity contribution in [1.29, 1.82) is 0 Å². The molecule has 0 radical (unpaired) electrons. The van der Waals surface area contributed by atoms with Crippen LogP contribution in [0.15, 0.2) is 95.7 Å². The molecular formula is C19H21O3P. The van der Waals surface area contributed by atoms with Crippen molar-refractivity contribution in [1.82, 2.24) is 0 Å². The van der Waals surface area contributed by atoms with Crippen LogP contribution in [0.5, 0.6) is 0 Å². The molecule has 23 heavy (non-hydrogen) atoms. The molecule has 4 heteroatoms. The van der Waals surface area contributed by atoms with Crippen LogP contribution >= 0.6 is 7.14 Å². The zero-order chi connectivity index (χ0) is 17.2. The Labute approximate surface area is 137 Å². The van der Waals surface area contributed by atoms with Crippen LogP contribution in [-0.4, -0.2) is 0 Å². The molecule has 0 aromatic heterocycles. The molecule has 0 aromatic rings. The van der Waals surface area contributed by atoms with Crippen LogP contribution in [0, 0.1) is 0 Å². The summed E-state index contributed by atoms with van der Waals surface area (Å²) in [5.74, 6) is 1.84. The highest BCUT2D eigenvalue weighted by Crippen LogP contribution is 2.75. The molecule has 2 rings (SSSR count). The predicted octanol–water partition coefficient (Wildman–Crippen LogP) is 6.10. The number of allylic oxidation sites excluding steroid dienone is 9. The maximum absolute atomic E-state index is 14.2. The van der Waals surface area contributed by atoms with E-state index >= 15 is 0 Å². The highest BCUT2D eigenvalue weighted by atomic mass is 31.2. The second kappa shape index (κ2) is 6.47. The lowest BCUT2D eigenvalue weighted by atomic mass is 10.3. The van der Waals surface area contributed by atoms with E-state index in [1.165, 1.54) is 6.08 Å². The normalized spacial score (nSPS) is 24.3. The van der Waals surface area contributed by atoms with Gasteiger partial charge in [-0.15, -0.1) is 0 Å². The number of hydrogen-bond acceptors (Lipinski definition) is 3. The Morgan fingerprint density at radius 3 is 2.17 bits per heavy atom. The van der Waals surface area contributed by atoms with Crippen LogP contribution in [0.1, 0.15) is 20.3 Å². The van der Waals surface area contributed by atoms with Gasteiger partial charge < -0.3 is 14.0 Å². The van der Waals surface area contributed by atoms with Crippen LogP contribution in [0.2, 0.25) is 0 Å². The summed E-state index contributed by atoms with van der Waals surface area (Å²) in [6.45, 7) is 19.1. The molecule has 0 aliphatic carbocycles. The van der Waals surface area contributed by atoms with Crippen molar-refractivity contribution in [2.45, 2.75) is 20.3 Å². The summed E-state index contributed by atoms with van der Waals surface area (Å²) < 4.78 is 25.8. The minimum atomic E-state index is -3.19. The molecule has 0 N–H and O–H groups in total. The largest absolute Gasteiger partial charge is 0.460 e. The average molecular weight is 328 g/mol. The number of ether oxygens (including phenoxy) is 2. The maximum atomic E-state index is 14.2. The van der Waals surface area contributed by atoms with Gasteiger partial charge in [-0.2, -0.15) is 0 Å². The zero-order valence-corrected chi connectivity index (χ0v) is 14.5. The van der Waals surface area contributed by atoms with Crippen molar-refractivity contribution < 1.29 is 14.0 Å². The van der Waals surface area contributed by atoms with E-state index in [0.29, 0.717) is 45.4 Å². The Kier molecular flexibility index (Phi) is 4.82. The highest BCUT2D eigenvalue weighted by Gasteiger charge is 2.47. The van der Waals surface area contributed by atoms with Gasteiger partial charge in [-0.1, -0.05) is 51.5 Å². The predicted molar refractivity (Wildman–Crippen MR) is 95.7 cm³/mol. The van der Waals surface area contributed by atoms with E-state index in [1.807, 2.05) is 19.9 Å². The molecule has 3 nitrogen and oxygen atoms in total. The first kappa shape index (κ1) is 17.1. The van der Waals surface area contributed by atoms with Gasteiger partial charge in [0.05, 0.1) is 10.6 Å². The third kappa shape index (κ3) is 2.42. The van der Waals surface area contributed by atoms with Gasteiger partial charge in [-0.25, -0.2) is 0 Å². The van der Waals surface area contributed by atoms with Crippen molar-refractivity contribution in [3.8, 4) is 0 Å². The molecule has 0 aromatic carbocycles. The number of hydrogen-bond donors (Lipinski definition) is 0. The van der Waals surface area contributed by atoms with Crippen LogP contribution < -0.4 is 0 Å². The minimum absolute atomic E-state index is 0.302. The Hall–Kier alpha value is -2.25. The van der Waals surface area contributed by atoms with Crippen LogP contribution in [0.4, 0.5) is 0 Å². The SMILES string of the molecule is C=CC1=C(C=C)P2(=O)C(C=C)=C(CC)OC(/C=C\C)=C2C(=C)O1. The van der Waals surface area contributed by atoms with E-state index in [1.54, 1.807) is 18.2 Å². The van der Waals surface area contributed by atoms with Gasteiger partial charge in [0.15, 0.2) is 7.14 Å². The van der Waals surface area contributed by atoms with Crippen molar-refractivity contribution in [3.05, 3.63) is 95.7 Å². The van der Waals surface area contributed by atoms with Gasteiger partial charge in [0.1, 0.15) is 28.4 Å². The Morgan fingerprint density at radius 2 is 1.70 bits per heavy atom. The summed E-state index contributed by atoms with van der Waals surface area (Å²) >= 11 is 0. The summed E-state index contributed by atoms with van der Waals surface area (Å²) in [4.78, 5) is 0. The van der Waals surface area contributed by atoms with E-state index in [2.05, 4.69) is 26.3 Å². The lowest BCUT2D eigenvalue weighted by Crippen LogP contribution is -2.15. The van der Waals surface area contributed by atoms with Gasteiger partial charge in [0.25, 0.3) is 0 Å². The second-order valence-electron chi connectivity index (χ2n) is 4.97. The monoisotopic (exact) mass is 328 g/mol. The molecule has 120 valence electrons. The number of rotatable bonds is 5. The molecular weight excluding hydrogens is 307 g/mol. The van der Waals surface area contributed by atoms with E-state index in [9.17, 15) is 4.57 Å². The molecule has 2 aliphatic heterocycles. The third-order valence-corrected chi connectivity index (χ3v) is 7.00. The molecule has 0 spiro atoms. The Bertz CT molecular complexity index is 772.